The van der Waals surface area contributed by atoms with Gasteiger partial charge in [-0.15, -0.1) is 11.3 Å². The molecule has 0 saturated heterocycles. The van der Waals surface area contributed by atoms with Crippen LogP contribution < -0.4 is 9.62 Å². The first-order chi connectivity index (χ1) is 11.0. The van der Waals surface area contributed by atoms with Crippen LogP contribution >= 0.6 is 11.3 Å². The maximum atomic E-state index is 12.1. The van der Waals surface area contributed by atoms with Gasteiger partial charge in [-0.25, -0.2) is 13.1 Å². The SMILES string of the molecule is CCc1ccccc1N(CCNS(=O)(=O)c1cccs1)C(C)=O. The Morgan fingerprint density at radius 2 is 1.96 bits per heavy atom. The molecule has 0 unspecified atom stereocenters. The van der Waals surface area contributed by atoms with Gasteiger partial charge in [-0.1, -0.05) is 31.2 Å². The number of amides is 1. The first-order valence-corrected chi connectivity index (χ1v) is 9.71. The number of nitrogens with zero attached hydrogens (tertiary/aromatic N) is 1. The first-order valence-electron chi connectivity index (χ1n) is 7.35. The number of hydrogen-bond acceptors (Lipinski definition) is 4. The molecule has 2 aromatic rings. The van der Waals surface area contributed by atoms with E-state index in [9.17, 15) is 13.2 Å². The molecule has 1 aromatic heterocycles. The molecule has 2 rings (SSSR count). The van der Waals surface area contributed by atoms with E-state index in [-0.39, 0.29) is 23.2 Å². The number of nitrogens with one attached hydrogen (secondary N) is 1. The van der Waals surface area contributed by atoms with E-state index < -0.39 is 10.0 Å². The van der Waals surface area contributed by atoms with Gasteiger partial charge in [0.1, 0.15) is 4.21 Å². The Morgan fingerprint density at radius 1 is 1.22 bits per heavy atom. The number of sulfonamides is 1. The number of anilines is 1. The second kappa shape index (κ2) is 7.72. The standard InChI is InChI=1S/C16H20N2O3S2/c1-3-14-7-4-5-8-15(14)18(13(2)19)11-10-17-23(20,21)16-9-6-12-22-16/h4-9,12,17H,3,10-11H2,1-2H3. The largest absolute Gasteiger partial charge is 0.311 e. The maximum Gasteiger partial charge on any atom is 0.250 e. The molecule has 0 atom stereocenters. The normalized spacial score (nSPS) is 11.4. The van der Waals surface area contributed by atoms with Crippen molar-refractivity contribution in [2.45, 2.75) is 24.5 Å². The molecular weight excluding hydrogens is 332 g/mol. The van der Waals surface area contributed by atoms with Gasteiger partial charge >= 0.3 is 0 Å². The molecule has 1 heterocycles. The van der Waals surface area contributed by atoms with Crippen LogP contribution in [0.4, 0.5) is 5.69 Å². The summed E-state index contributed by atoms with van der Waals surface area (Å²) < 4.78 is 27.0. The van der Waals surface area contributed by atoms with Gasteiger partial charge in [-0.05, 0) is 29.5 Å². The van der Waals surface area contributed by atoms with E-state index in [2.05, 4.69) is 4.72 Å². The zero-order valence-corrected chi connectivity index (χ0v) is 14.8. The number of carbonyl (C=O) groups is 1. The van der Waals surface area contributed by atoms with E-state index in [0.717, 1.165) is 17.7 Å². The van der Waals surface area contributed by atoms with Crippen LogP contribution in [0.5, 0.6) is 0 Å². The fourth-order valence-corrected chi connectivity index (χ4v) is 4.36. The molecule has 0 radical (unpaired) electrons. The highest BCUT2D eigenvalue weighted by Gasteiger charge is 2.18. The molecule has 7 heteroatoms. The Balaban J connectivity index is 2.08. The fraction of sp³-hybridized carbons (Fsp3) is 0.312. The summed E-state index contributed by atoms with van der Waals surface area (Å²) in [5.74, 6) is -0.110. The van der Waals surface area contributed by atoms with Crippen molar-refractivity contribution in [1.29, 1.82) is 0 Å². The number of hydrogen-bond donors (Lipinski definition) is 1. The van der Waals surface area contributed by atoms with Crippen LogP contribution in [0.3, 0.4) is 0 Å². The Hall–Kier alpha value is -1.70. The lowest BCUT2D eigenvalue weighted by Crippen LogP contribution is -2.37. The van der Waals surface area contributed by atoms with Crippen molar-refractivity contribution in [3.05, 3.63) is 47.3 Å². The third kappa shape index (κ3) is 4.40. The Morgan fingerprint density at radius 3 is 2.57 bits per heavy atom. The summed E-state index contributed by atoms with van der Waals surface area (Å²) in [4.78, 5) is 13.6. The quantitative estimate of drug-likeness (QED) is 0.833. The van der Waals surface area contributed by atoms with Crippen molar-refractivity contribution < 1.29 is 13.2 Å². The summed E-state index contributed by atoms with van der Waals surface area (Å²) in [5.41, 5.74) is 1.89. The van der Waals surface area contributed by atoms with E-state index in [1.165, 1.54) is 18.3 Å². The highest BCUT2D eigenvalue weighted by Crippen LogP contribution is 2.21. The maximum absolute atomic E-state index is 12.1. The number of thiophene rings is 1. The minimum atomic E-state index is -3.51. The van der Waals surface area contributed by atoms with E-state index in [4.69, 9.17) is 0 Å². The molecule has 1 amide bonds. The van der Waals surface area contributed by atoms with Crippen molar-refractivity contribution in [2.24, 2.45) is 0 Å². The number of rotatable bonds is 7. The average molecular weight is 352 g/mol. The number of para-hydroxylation sites is 1. The Kier molecular flexibility index (Phi) is 5.92. The summed E-state index contributed by atoms with van der Waals surface area (Å²) in [6.45, 7) is 3.96. The molecule has 0 aliphatic carbocycles. The fourth-order valence-electron chi connectivity index (χ4n) is 2.30. The number of aryl methyl sites for hydroxylation is 1. The third-order valence-corrected chi connectivity index (χ3v) is 6.29. The topological polar surface area (TPSA) is 66.5 Å². The smallest absolute Gasteiger partial charge is 0.250 e. The van der Waals surface area contributed by atoms with Crippen molar-refractivity contribution in [1.82, 2.24) is 4.72 Å². The van der Waals surface area contributed by atoms with Crippen LogP contribution in [0.15, 0.2) is 46.0 Å². The van der Waals surface area contributed by atoms with Crippen LogP contribution in [0.25, 0.3) is 0 Å². The summed E-state index contributed by atoms with van der Waals surface area (Å²) in [6, 6.07) is 10.9. The molecule has 0 saturated carbocycles. The lowest BCUT2D eigenvalue weighted by atomic mass is 10.1. The molecule has 1 N–H and O–H groups in total. The predicted octanol–water partition coefficient (Wildman–Crippen LogP) is 2.64. The monoisotopic (exact) mass is 352 g/mol. The van der Waals surface area contributed by atoms with Crippen LogP contribution in [0.1, 0.15) is 19.4 Å². The summed E-state index contributed by atoms with van der Waals surface area (Å²) in [7, 11) is -3.51. The lowest BCUT2D eigenvalue weighted by Gasteiger charge is -2.23. The van der Waals surface area contributed by atoms with Gasteiger partial charge in [0.2, 0.25) is 15.9 Å². The summed E-state index contributed by atoms with van der Waals surface area (Å²) in [6.07, 6.45) is 0.806. The molecule has 124 valence electrons. The molecule has 0 aliphatic rings. The first kappa shape index (κ1) is 17.7. The van der Waals surface area contributed by atoms with E-state index in [0.29, 0.717) is 0 Å². The van der Waals surface area contributed by atoms with Gasteiger partial charge in [-0.3, -0.25) is 4.79 Å². The second-order valence-electron chi connectivity index (χ2n) is 4.98. The summed E-state index contributed by atoms with van der Waals surface area (Å²) in [5, 5.41) is 1.72. The second-order valence-corrected chi connectivity index (χ2v) is 7.92. The molecule has 23 heavy (non-hydrogen) atoms. The van der Waals surface area contributed by atoms with E-state index >= 15 is 0 Å². The predicted molar refractivity (Wildman–Crippen MR) is 93.4 cm³/mol. The molecule has 0 spiro atoms. The minimum Gasteiger partial charge on any atom is -0.311 e. The van der Waals surface area contributed by atoms with E-state index in [1.807, 2.05) is 31.2 Å². The van der Waals surface area contributed by atoms with Crippen LogP contribution in [-0.4, -0.2) is 27.4 Å². The Bertz CT molecular complexity index is 755. The highest BCUT2D eigenvalue weighted by atomic mass is 32.2. The van der Waals surface area contributed by atoms with Crippen molar-refractivity contribution >= 4 is 33.0 Å². The number of carbonyl (C=O) groups excluding carboxylic acids is 1. The highest BCUT2D eigenvalue weighted by molar-refractivity contribution is 7.91. The van der Waals surface area contributed by atoms with E-state index in [1.54, 1.807) is 22.4 Å². The molecule has 5 nitrogen and oxygen atoms in total. The van der Waals surface area contributed by atoms with Crippen LogP contribution in [0, 0.1) is 0 Å². The van der Waals surface area contributed by atoms with Gasteiger partial charge < -0.3 is 4.90 Å². The van der Waals surface area contributed by atoms with Gasteiger partial charge in [-0.2, -0.15) is 0 Å². The van der Waals surface area contributed by atoms with Gasteiger partial charge in [0.05, 0.1) is 0 Å². The number of benzene rings is 1. The Labute approximate surface area is 141 Å². The third-order valence-electron chi connectivity index (χ3n) is 3.43. The van der Waals surface area contributed by atoms with Gasteiger partial charge in [0.15, 0.2) is 0 Å². The van der Waals surface area contributed by atoms with Crippen LogP contribution in [-0.2, 0) is 21.2 Å². The molecule has 0 fully saturated rings. The molecule has 1 aromatic carbocycles. The molecule has 0 bridgehead atoms. The zero-order chi connectivity index (χ0) is 16.9. The summed E-state index contributed by atoms with van der Waals surface area (Å²) >= 11 is 1.17. The van der Waals surface area contributed by atoms with Crippen LogP contribution in [0.2, 0.25) is 0 Å². The minimum absolute atomic E-state index is 0.110. The van der Waals surface area contributed by atoms with Crippen molar-refractivity contribution in [3.8, 4) is 0 Å². The molecule has 0 aliphatic heterocycles. The molecular formula is C16H20N2O3S2. The average Bonchev–Trinajstić information content (AvgIpc) is 3.06. The lowest BCUT2D eigenvalue weighted by molar-refractivity contribution is -0.116. The van der Waals surface area contributed by atoms with Crippen molar-refractivity contribution in [2.75, 3.05) is 18.0 Å². The van der Waals surface area contributed by atoms with Gasteiger partial charge in [0, 0.05) is 25.7 Å². The van der Waals surface area contributed by atoms with Crippen molar-refractivity contribution in [3.63, 3.8) is 0 Å². The zero-order valence-electron chi connectivity index (χ0n) is 13.2. The van der Waals surface area contributed by atoms with Gasteiger partial charge in [0.25, 0.3) is 0 Å².